The van der Waals surface area contributed by atoms with Crippen molar-refractivity contribution in [3.05, 3.63) is 11.6 Å². The van der Waals surface area contributed by atoms with Gasteiger partial charge >= 0.3 is 0 Å². The highest BCUT2D eigenvalue weighted by Crippen LogP contribution is 2.74. The Kier molecular flexibility index (Phi) is 4.03. The fraction of sp³-hybridized carbons (Fsp3) is 0.875. The molecule has 3 nitrogen and oxygen atoms in total. The summed E-state index contributed by atoms with van der Waals surface area (Å²) >= 11 is 0. The molecule has 150 valence electrons. The van der Waals surface area contributed by atoms with Crippen molar-refractivity contribution in [2.75, 3.05) is 6.61 Å². The summed E-state index contributed by atoms with van der Waals surface area (Å²) in [6, 6.07) is 0. The van der Waals surface area contributed by atoms with Crippen molar-refractivity contribution in [2.45, 2.75) is 83.7 Å². The van der Waals surface area contributed by atoms with Crippen LogP contribution in [0, 0.1) is 40.4 Å². The van der Waals surface area contributed by atoms with Crippen LogP contribution in [0.5, 0.6) is 0 Å². The van der Waals surface area contributed by atoms with Gasteiger partial charge in [0.1, 0.15) is 0 Å². The van der Waals surface area contributed by atoms with Crippen molar-refractivity contribution < 1.29 is 15.0 Å². The molecule has 8 atom stereocenters. The molecule has 2 N–H and O–H groups in total. The lowest BCUT2D eigenvalue weighted by Crippen LogP contribution is -2.55. The molecule has 27 heavy (non-hydrogen) atoms. The Hall–Kier alpha value is -0.670. The maximum Gasteiger partial charge on any atom is 0.155 e. The third-order valence-electron chi connectivity index (χ3n) is 10.3. The molecule has 4 fully saturated rings. The first kappa shape index (κ1) is 18.4. The Morgan fingerprint density at radius 2 is 1.81 bits per heavy atom. The second kappa shape index (κ2) is 5.92. The van der Waals surface area contributed by atoms with Crippen LogP contribution in [0.2, 0.25) is 0 Å². The van der Waals surface area contributed by atoms with E-state index in [1.165, 1.54) is 31.3 Å². The van der Waals surface area contributed by atoms with E-state index in [2.05, 4.69) is 13.8 Å². The SMILES string of the molecule is C[C@]12CCC(=O)C=C1CC[C@H]1[C@@H]3[C@@H]4CC[C@@H]4[C@@](O)(CCCO)[C@@]3(C)CC[C@@H]12. The fourth-order valence-electron chi connectivity index (χ4n) is 8.90. The Labute approximate surface area is 163 Å². The van der Waals surface area contributed by atoms with Gasteiger partial charge in [-0.15, -0.1) is 0 Å². The second-order valence-electron chi connectivity index (χ2n) is 10.9. The molecule has 0 spiro atoms. The highest BCUT2D eigenvalue weighted by molar-refractivity contribution is 5.91. The molecular weight excluding hydrogens is 336 g/mol. The van der Waals surface area contributed by atoms with Crippen molar-refractivity contribution in [3.63, 3.8) is 0 Å². The number of carbonyl (C=O) groups is 1. The first-order chi connectivity index (χ1) is 12.8. The maximum atomic E-state index is 12.0. The van der Waals surface area contributed by atoms with Crippen molar-refractivity contribution in [1.29, 1.82) is 0 Å². The molecule has 3 heteroatoms. The molecule has 0 aromatic carbocycles. The molecule has 0 bridgehead atoms. The van der Waals surface area contributed by atoms with Gasteiger partial charge in [-0.1, -0.05) is 19.4 Å². The molecule has 0 heterocycles. The Bertz CT molecular complexity index is 683. The van der Waals surface area contributed by atoms with Crippen LogP contribution in [0.4, 0.5) is 0 Å². The quantitative estimate of drug-likeness (QED) is 0.778. The van der Waals surface area contributed by atoms with Gasteiger partial charge in [0.25, 0.3) is 0 Å². The number of hydrogen-bond donors (Lipinski definition) is 2. The molecule has 0 aromatic rings. The van der Waals surface area contributed by atoms with Crippen LogP contribution in [0.3, 0.4) is 0 Å². The van der Waals surface area contributed by atoms with E-state index in [0.717, 1.165) is 38.5 Å². The lowest BCUT2D eigenvalue weighted by atomic mass is 9.45. The maximum absolute atomic E-state index is 12.0. The zero-order valence-electron chi connectivity index (χ0n) is 17.0. The number of allylic oxidation sites excluding steroid dienone is 1. The lowest BCUT2D eigenvalue weighted by Gasteiger charge is -2.59. The van der Waals surface area contributed by atoms with Crippen LogP contribution in [0.15, 0.2) is 11.6 Å². The predicted octanol–water partition coefficient (Wildman–Crippen LogP) is 4.27. The zero-order chi connectivity index (χ0) is 19.0. The minimum atomic E-state index is -0.576. The van der Waals surface area contributed by atoms with Gasteiger partial charge in [-0.05, 0) is 104 Å². The first-order valence-electron chi connectivity index (χ1n) is 11.4. The average Bonchev–Trinajstić information content (AvgIpc) is 2.74. The van der Waals surface area contributed by atoms with Crippen LogP contribution in [0.1, 0.15) is 78.1 Å². The molecule has 0 aliphatic heterocycles. The molecule has 0 aromatic heterocycles. The molecule has 0 unspecified atom stereocenters. The van der Waals surface area contributed by atoms with Gasteiger partial charge in [0, 0.05) is 13.0 Å². The van der Waals surface area contributed by atoms with Gasteiger partial charge < -0.3 is 10.2 Å². The number of hydrogen-bond acceptors (Lipinski definition) is 3. The molecule has 4 saturated carbocycles. The van der Waals surface area contributed by atoms with E-state index in [4.69, 9.17) is 0 Å². The van der Waals surface area contributed by atoms with Gasteiger partial charge in [0.2, 0.25) is 0 Å². The van der Waals surface area contributed by atoms with Gasteiger partial charge in [-0.3, -0.25) is 4.79 Å². The highest BCUT2D eigenvalue weighted by Gasteiger charge is 2.72. The average molecular weight is 373 g/mol. The van der Waals surface area contributed by atoms with Crippen LogP contribution in [-0.2, 0) is 4.79 Å². The number of fused-ring (bicyclic) bond motifs is 7. The molecule has 5 rings (SSSR count). The van der Waals surface area contributed by atoms with Crippen molar-refractivity contribution in [1.82, 2.24) is 0 Å². The van der Waals surface area contributed by atoms with E-state index in [1.54, 1.807) is 0 Å². The molecule has 0 saturated heterocycles. The van der Waals surface area contributed by atoms with Gasteiger partial charge in [-0.25, -0.2) is 0 Å². The largest absolute Gasteiger partial charge is 0.396 e. The minimum absolute atomic E-state index is 0.0111. The molecular formula is C24H36O3. The number of ketones is 1. The molecule has 0 amide bonds. The highest BCUT2D eigenvalue weighted by atomic mass is 16.3. The summed E-state index contributed by atoms with van der Waals surface area (Å²) in [7, 11) is 0. The van der Waals surface area contributed by atoms with Gasteiger partial charge in [0.05, 0.1) is 5.60 Å². The van der Waals surface area contributed by atoms with E-state index in [1.807, 2.05) is 6.08 Å². The summed E-state index contributed by atoms with van der Waals surface area (Å²) in [5.41, 5.74) is 1.08. The molecule has 5 aliphatic carbocycles. The number of aliphatic hydroxyl groups is 2. The fourth-order valence-corrected chi connectivity index (χ4v) is 8.90. The molecule has 5 aliphatic rings. The third kappa shape index (κ3) is 2.19. The van der Waals surface area contributed by atoms with Crippen molar-refractivity contribution in [2.24, 2.45) is 40.4 Å². The van der Waals surface area contributed by atoms with E-state index >= 15 is 0 Å². The predicted molar refractivity (Wildman–Crippen MR) is 105 cm³/mol. The minimum Gasteiger partial charge on any atom is -0.396 e. The summed E-state index contributed by atoms with van der Waals surface area (Å²) in [4.78, 5) is 12.0. The van der Waals surface area contributed by atoms with Gasteiger partial charge in [0.15, 0.2) is 5.78 Å². The number of rotatable bonds is 3. The Balaban J connectivity index is 1.51. The summed E-state index contributed by atoms with van der Waals surface area (Å²) < 4.78 is 0. The number of carbonyl (C=O) groups excluding carboxylic acids is 1. The van der Waals surface area contributed by atoms with Crippen LogP contribution >= 0.6 is 0 Å². The smallest absolute Gasteiger partial charge is 0.155 e. The lowest BCUT2D eigenvalue weighted by molar-refractivity contribution is -0.145. The first-order valence-corrected chi connectivity index (χ1v) is 11.4. The van der Waals surface area contributed by atoms with Crippen LogP contribution < -0.4 is 0 Å². The normalized spacial score (nSPS) is 53.6. The van der Waals surface area contributed by atoms with Crippen molar-refractivity contribution >= 4 is 5.78 Å². The standard InChI is InChI=1S/C24H36O3/c1-22-11-8-16(26)14-15(22)4-5-17-19(22)9-12-23(2)21(17)18-6-7-20(18)24(23,27)10-3-13-25/h14,17-21,25,27H,3-13H2,1-2H3/t17-,18-,19+,20+,21-,22+,23+,24+/m1/s1. The molecule has 0 radical (unpaired) electrons. The van der Waals surface area contributed by atoms with Crippen LogP contribution in [0.25, 0.3) is 0 Å². The zero-order valence-corrected chi connectivity index (χ0v) is 17.0. The van der Waals surface area contributed by atoms with E-state index in [0.29, 0.717) is 35.4 Å². The van der Waals surface area contributed by atoms with E-state index < -0.39 is 5.60 Å². The van der Waals surface area contributed by atoms with Crippen molar-refractivity contribution in [3.8, 4) is 0 Å². The number of aliphatic hydroxyl groups excluding tert-OH is 1. The topological polar surface area (TPSA) is 57.5 Å². The summed E-state index contributed by atoms with van der Waals surface area (Å²) in [6.07, 6.45) is 12.3. The summed E-state index contributed by atoms with van der Waals surface area (Å²) in [5, 5.41) is 21.3. The summed E-state index contributed by atoms with van der Waals surface area (Å²) in [6.45, 7) is 5.02. The second-order valence-corrected chi connectivity index (χ2v) is 10.9. The third-order valence-corrected chi connectivity index (χ3v) is 10.3. The van der Waals surface area contributed by atoms with E-state index in [9.17, 15) is 15.0 Å². The Morgan fingerprint density at radius 1 is 1.04 bits per heavy atom. The van der Waals surface area contributed by atoms with E-state index in [-0.39, 0.29) is 17.4 Å². The monoisotopic (exact) mass is 372 g/mol. The Morgan fingerprint density at radius 3 is 2.52 bits per heavy atom. The summed E-state index contributed by atoms with van der Waals surface area (Å²) in [5.74, 6) is 3.50. The van der Waals surface area contributed by atoms with Gasteiger partial charge in [-0.2, -0.15) is 0 Å². The van der Waals surface area contributed by atoms with Crippen LogP contribution in [-0.4, -0.2) is 28.2 Å².